The van der Waals surface area contributed by atoms with Crippen molar-refractivity contribution < 1.29 is 20.1 Å². The van der Waals surface area contributed by atoms with Crippen LogP contribution in [0.1, 0.15) is 25.2 Å². The molecule has 0 spiro atoms. The maximum atomic E-state index is 6.25. The van der Waals surface area contributed by atoms with Crippen molar-refractivity contribution in [1.82, 2.24) is 4.98 Å². The molecule has 0 fully saturated rings. The molecule has 0 unspecified atom stereocenters. The van der Waals surface area contributed by atoms with Gasteiger partial charge < -0.3 is 35.5 Å². The van der Waals surface area contributed by atoms with Gasteiger partial charge in [-0.25, -0.2) is 4.98 Å². The van der Waals surface area contributed by atoms with Gasteiger partial charge in [-0.3, -0.25) is 9.98 Å². The molecule has 1 heterocycles. The van der Waals surface area contributed by atoms with Crippen LogP contribution in [-0.4, -0.2) is 30.5 Å². The quantitative estimate of drug-likeness (QED) is 0.499. The molecule has 1 aromatic heterocycles. The summed E-state index contributed by atoms with van der Waals surface area (Å²) >= 11 is 0. The van der Waals surface area contributed by atoms with E-state index in [1.165, 1.54) is 0 Å². The summed E-state index contributed by atoms with van der Waals surface area (Å²) in [5.41, 5.74) is 3.70. The number of nitrogens with zero attached hydrogens (tertiary/aromatic N) is 6. The van der Waals surface area contributed by atoms with Crippen molar-refractivity contribution in [3.63, 3.8) is 0 Å². The van der Waals surface area contributed by atoms with Crippen LogP contribution in [0.25, 0.3) is 0 Å². The number of hydrogen-bond donors (Lipinski definition) is 0. The first-order valence-corrected chi connectivity index (χ1v) is 5.20. The van der Waals surface area contributed by atoms with Crippen molar-refractivity contribution in [1.29, 1.82) is 15.8 Å². The van der Waals surface area contributed by atoms with E-state index in [9.17, 15) is 0 Å². The Morgan fingerprint density at radius 2 is 1.14 bits per heavy atom. The maximum absolute atomic E-state index is 6.25. The van der Waals surface area contributed by atoms with Gasteiger partial charge in [0.25, 0.3) is 0 Å². The van der Waals surface area contributed by atoms with Crippen LogP contribution in [0.3, 0.4) is 0 Å². The molecule has 21 heavy (non-hydrogen) atoms. The van der Waals surface area contributed by atoms with Crippen LogP contribution in [0.5, 0.6) is 0 Å². The Morgan fingerprint density at radius 3 is 1.38 bits per heavy atom. The molecule has 0 radical (unpaired) electrons. The van der Waals surface area contributed by atoms with Crippen LogP contribution >= 0.6 is 0 Å². The summed E-state index contributed by atoms with van der Waals surface area (Å²) in [4.78, 5) is 12.7. The molecule has 1 aromatic rings. The molecule has 110 valence electrons. The Labute approximate surface area is 139 Å². The third-order valence-electron chi connectivity index (χ3n) is 2.16. The zero-order valence-corrected chi connectivity index (χ0v) is 14.6. The van der Waals surface area contributed by atoms with Crippen molar-refractivity contribution >= 4 is 11.4 Å². The fourth-order valence-corrected chi connectivity index (χ4v) is 1.07. The summed E-state index contributed by atoms with van der Waals surface area (Å²) in [6, 6.07) is 5.88. The van der Waals surface area contributed by atoms with Gasteiger partial charge in [0.2, 0.25) is 0 Å². The molecule has 7 heteroatoms. The molecule has 0 aliphatic heterocycles. The summed E-state index contributed by atoms with van der Waals surface area (Å²) in [5.74, 6) is 0. The molecule has 0 amide bonds. The first kappa shape index (κ1) is 27.0. The third kappa shape index (κ3) is 11.2. The van der Waals surface area contributed by atoms with E-state index in [2.05, 4.69) is 15.0 Å². The van der Waals surface area contributed by atoms with Crippen molar-refractivity contribution in [3.05, 3.63) is 49.3 Å². The zero-order chi connectivity index (χ0) is 16.6. The predicted octanol–water partition coefficient (Wildman–Crippen LogP) is 2.25. The summed E-state index contributed by atoms with van der Waals surface area (Å²) < 4.78 is 0. The molecular weight excluding hydrogens is 444 g/mol. The van der Waals surface area contributed by atoms with Gasteiger partial charge in [-0.1, -0.05) is 6.07 Å². The first-order chi connectivity index (χ1) is 9.69. The minimum Gasteiger partial charge on any atom is -0.512 e. The van der Waals surface area contributed by atoms with Crippen molar-refractivity contribution in [2.24, 2.45) is 9.98 Å². The van der Waals surface area contributed by atoms with E-state index < -0.39 is 0 Å². The van der Waals surface area contributed by atoms with Gasteiger partial charge in [-0.05, 0) is 26.0 Å². The molecule has 0 saturated carbocycles. The molecule has 0 aromatic carbocycles. The summed E-state index contributed by atoms with van der Waals surface area (Å²) in [6.07, 6.45) is 0. The Bertz CT molecular complexity index is 452. The Hall–Kier alpha value is -2.39. The number of rotatable bonds is 2. The monoisotopic (exact) mass is 460 g/mol. The largest absolute Gasteiger partial charge is 3.00 e. The Morgan fingerprint density at radius 1 is 0.857 bits per heavy atom. The van der Waals surface area contributed by atoms with E-state index in [4.69, 9.17) is 35.5 Å². The molecule has 0 saturated heterocycles. The van der Waals surface area contributed by atoms with Crippen molar-refractivity contribution in [2.75, 3.05) is 14.1 Å². The zero-order valence-electron chi connectivity index (χ0n) is 12.2. The van der Waals surface area contributed by atoms with Crippen LogP contribution in [0, 0.1) is 35.5 Å². The summed E-state index contributed by atoms with van der Waals surface area (Å²) in [5, 5.41) is 18.8. The standard InChI is InChI=1S/C11H15N3.3CN.Ir/c1-8(12-3)10-6-5-7-11(14-10)9(2)13-4;3*1-2;/h5-7H,1-4H3;;;;/q;3*-1;+3. The molecule has 0 atom stereocenters. The average molecular weight is 460 g/mol. The predicted molar refractivity (Wildman–Crippen MR) is 75.4 cm³/mol. The Kier molecular flexibility index (Phi) is 25.7. The SMILES string of the molecule is CN=C(C)c1cccc(C(C)=NC)n1.[C-]#N.[C-]#N.[C-]#N.[Ir+3]. The second kappa shape index (κ2) is 19.9. The number of pyridine rings is 1. The third-order valence-corrected chi connectivity index (χ3v) is 2.16. The van der Waals surface area contributed by atoms with Gasteiger partial charge in [0, 0.05) is 14.1 Å². The maximum Gasteiger partial charge on any atom is 3.00 e. The average Bonchev–Trinajstić information content (AvgIpc) is 2.58. The van der Waals surface area contributed by atoms with E-state index in [1.54, 1.807) is 14.1 Å². The van der Waals surface area contributed by atoms with Gasteiger partial charge >= 0.3 is 20.1 Å². The van der Waals surface area contributed by atoms with Gasteiger partial charge in [0.05, 0.1) is 22.8 Å². The molecular formula is C14H15IrN6. The fourth-order valence-electron chi connectivity index (χ4n) is 1.07. The molecule has 6 nitrogen and oxygen atoms in total. The van der Waals surface area contributed by atoms with Gasteiger partial charge in [0.15, 0.2) is 0 Å². The van der Waals surface area contributed by atoms with Crippen LogP contribution in [0.15, 0.2) is 28.2 Å². The van der Waals surface area contributed by atoms with Crippen LogP contribution in [0.4, 0.5) is 0 Å². The van der Waals surface area contributed by atoms with Gasteiger partial charge in [-0.15, -0.1) is 0 Å². The van der Waals surface area contributed by atoms with Crippen LogP contribution in [0.2, 0.25) is 0 Å². The number of aromatic nitrogens is 1. The van der Waals surface area contributed by atoms with Gasteiger partial charge in [-0.2, -0.15) is 0 Å². The molecule has 0 bridgehead atoms. The van der Waals surface area contributed by atoms with Crippen molar-refractivity contribution in [2.45, 2.75) is 13.8 Å². The van der Waals surface area contributed by atoms with Crippen LogP contribution < -0.4 is 0 Å². The minimum atomic E-state index is 0. The van der Waals surface area contributed by atoms with E-state index in [1.807, 2.05) is 32.0 Å². The fraction of sp³-hybridized carbons (Fsp3) is 0.286. The van der Waals surface area contributed by atoms with E-state index >= 15 is 0 Å². The number of hydrogen-bond acceptors (Lipinski definition) is 6. The minimum absolute atomic E-state index is 0. The van der Waals surface area contributed by atoms with E-state index in [0.29, 0.717) is 0 Å². The second-order valence-electron chi connectivity index (χ2n) is 3.03. The first-order valence-electron chi connectivity index (χ1n) is 5.20. The Balaban J connectivity index is -0.000000183. The molecule has 0 aliphatic rings. The molecule has 1 rings (SSSR count). The smallest absolute Gasteiger partial charge is 0.512 e. The normalized spacial score (nSPS) is 9.05. The molecule has 0 N–H and O–H groups in total. The summed E-state index contributed by atoms with van der Waals surface area (Å²) in [7, 11) is 3.54. The second-order valence-corrected chi connectivity index (χ2v) is 3.03. The van der Waals surface area contributed by atoms with E-state index in [0.717, 1.165) is 22.8 Å². The number of aliphatic imine (C=N–C) groups is 2. The van der Waals surface area contributed by atoms with Gasteiger partial charge in [0.1, 0.15) is 0 Å². The summed E-state index contributed by atoms with van der Waals surface area (Å²) in [6.45, 7) is 18.1. The molecule has 0 aliphatic carbocycles. The van der Waals surface area contributed by atoms with E-state index in [-0.39, 0.29) is 20.1 Å². The topological polar surface area (TPSA) is 109 Å². The van der Waals surface area contributed by atoms with Crippen molar-refractivity contribution in [3.8, 4) is 0 Å². The van der Waals surface area contributed by atoms with Crippen LogP contribution in [-0.2, 0) is 20.1 Å².